The molecule has 1 aromatic carbocycles. The summed E-state index contributed by atoms with van der Waals surface area (Å²) in [5.41, 5.74) is 2.49. The maximum absolute atomic E-state index is 12.1. The highest BCUT2D eigenvalue weighted by atomic mass is 16.5. The highest BCUT2D eigenvalue weighted by molar-refractivity contribution is 5.80. The number of nitrogens with one attached hydrogen (secondary N) is 1. The molecule has 2 unspecified atom stereocenters. The summed E-state index contributed by atoms with van der Waals surface area (Å²) in [4.78, 5) is 12.1. The van der Waals surface area contributed by atoms with Crippen molar-refractivity contribution in [1.82, 2.24) is 0 Å². The molecule has 102 valence electrons. The van der Waals surface area contributed by atoms with Crippen molar-refractivity contribution in [2.24, 2.45) is 0 Å². The number of hydrogen-bond donors (Lipinski definition) is 1. The third-order valence-electron chi connectivity index (χ3n) is 4.18. The van der Waals surface area contributed by atoms with E-state index >= 15 is 0 Å². The highest BCUT2D eigenvalue weighted by Crippen LogP contribution is 2.33. The number of carbonyl (C=O) groups is 1. The molecule has 0 spiro atoms. The van der Waals surface area contributed by atoms with Crippen LogP contribution in [-0.2, 0) is 9.53 Å². The number of hydrogen-bond acceptors (Lipinski definition) is 3. The van der Waals surface area contributed by atoms with E-state index in [4.69, 9.17) is 4.74 Å². The first-order valence-electron chi connectivity index (χ1n) is 7.29. The van der Waals surface area contributed by atoms with Crippen molar-refractivity contribution in [2.75, 3.05) is 18.5 Å². The third kappa shape index (κ3) is 2.98. The Kier molecular flexibility index (Phi) is 3.83. The molecule has 2 aliphatic heterocycles. The van der Waals surface area contributed by atoms with Crippen LogP contribution in [0.25, 0.3) is 0 Å². The number of fused-ring (bicyclic) bond motifs is 1. The number of carbonyl (C=O) groups excluding carboxylic acids is 1. The minimum atomic E-state index is 0.331. The first-order chi connectivity index (χ1) is 9.33. The molecule has 0 bridgehead atoms. The zero-order valence-electron chi connectivity index (χ0n) is 11.2. The minimum Gasteiger partial charge on any atom is -0.384 e. The molecular weight excluding hydrogens is 238 g/mol. The van der Waals surface area contributed by atoms with Gasteiger partial charge in [-0.05, 0) is 30.9 Å². The van der Waals surface area contributed by atoms with Gasteiger partial charge in [0.25, 0.3) is 0 Å². The van der Waals surface area contributed by atoms with E-state index in [2.05, 4.69) is 23.5 Å². The van der Waals surface area contributed by atoms with Gasteiger partial charge in [-0.25, -0.2) is 0 Å². The van der Waals surface area contributed by atoms with Crippen molar-refractivity contribution in [3.8, 4) is 0 Å². The minimum absolute atomic E-state index is 0.331. The van der Waals surface area contributed by atoms with Crippen LogP contribution in [0.3, 0.4) is 0 Å². The van der Waals surface area contributed by atoms with Gasteiger partial charge in [-0.2, -0.15) is 0 Å². The SMILES string of the molecule is O=C(CCC1CCCO1)CC1CNc2ccccc21. The Morgan fingerprint density at radius 2 is 2.26 bits per heavy atom. The summed E-state index contributed by atoms with van der Waals surface area (Å²) in [6.45, 7) is 1.77. The van der Waals surface area contributed by atoms with Gasteiger partial charge < -0.3 is 10.1 Å². The maximum Gasteiger partial charge on any atom is 0.133 e. The summed E-state index contributed by atoms with van der Waals surface area (Å²) < 4.78 is 5.57. The van der Waals surface area contributed by atoms with Crippen LogP contribution in [0.15, 0.2) is 24.3 Å². The fourth-order valence-electron chi connectivity index (χ4n) is 3.11. The quantitative estimate of drug-likeness (QED) is 0.883. The molecule has 1 N–H and O–H groups in total. The number of para-hydroxylation sites is 1. The number of ketones is 1. The van der Waals surface area contributed by atoms with Crippen LogP contribution in [0, 0.1) is 0 Å². The van der Waals surface area contributed by atoms with E-state index < -0.39 is 0 Å². The van der Waals surface area contributed by atoms with Crippen molar-refractivity contribution in [3.63, 3.8) is 0 Å². The fourth-order valence-corrected chi connectivity index (χ4v) is 3.11. The Hall–Kier alpha value is -1.35. The Balaban J connectivity index is 1.50. The molecule has 3 rings (SSSR count). The lowest BCUT2D eigenvalue weighted by molar-refractivity contribution is -0.120. The number of rotatable bonds is 5. The first-order valence-corrected chi connectivity index (χ1v) is 7.29. The van der Waals surface area contributed by atoms with Gasteiger partial charge in [-0.1, -0.05) is 18.2 Å². The summed E-state index contributed by atoms with van der Waals surface area (Å²) in [6, 6.07) is 8.31. The van der Waals surface area contributed by atoms with E-state index in [9.17, 15) is 4.79 Å². The zero-order valence-corrected chi connectivity index (χ0v) is 11.2. The van der Waals surface area contributed by atoms with Crippen molar-refractivity contribution >= 4 is 11.5 Å². The average Bonchev–Trinajstić information content (AvgIpc) is 3.07. The normalized spacial score (nSPS) is 25.1. The Bertz CT molecular complexity index is 452. The number of Topliss-reactive ketones (excluding diaryl/α,β-unsaturated/α-hetero) is 1. The molecule has 0 amide bonds. The van der Waals surface area contributed by atoms with Crippen LogP contribution in [-0.4, -0.2) is 25.0 Å². The van der Waals surface area contributed by atoms with Crippen LogP contribution < -0.4 is 5.32 Å². The molecule has 1 fully saturated rings. The molecule has 3 heteroatoms. The van der Waals surface area contributed by atoms with Gasteiger partial charge in [0.05, 0.1) is 6.10 Å². The maximum atomic E-state index is 12.1. The second-order valence-corrected chi connectivity index (χ2v) is 5.58. The molecule has 2 atom stereocenters. The molecule has 0 aliphatic carbocycles. The third-order valence-corrected chi connectivity index (χ3v) is 4.18. The Morgan fingerprint density at radius 3 is 3.11 bits per heavy atom. The van der Waals surface area contributed by atoms with Crippen molar-refractivity contribution in [3.05, 3.63) is 29.8 Å². The molecule has 2 heterocycles. The number of ether oxygens (including phenoxy) is 1. The first kappa shape index (κ1) is 12.7. The van der Waals surface area contributed by atoms with Gasteiger partial charge in [0.1, 0.15) is 5.78 Å². The van der Waals surface area contributed by atoms with Gasteiger partial charge in [-0.3, -0.25) is 4.79 Å². The lowest BCUT2D eigenvalue weighted by Crippen LogP contribution is -2.12. The summed E-state index contributed by atoms with van der Waals surface area (Å²) in [5.74, 6) is 0.729. The molecule has 19 heavy (non-hydrogen) atoms. The van der Waals surface area contributed by atoms with Gasteiger partial charge >= 0.3 is 0 Å². The lowest BCUT2D eigenvalue weighted by atomic mass is 9.94. The zero-order chi connectivity index (χ0) is 13.1. The second kappa shape index (κ2) is 5.74. The second-order valence-electron chi connectivity index (χ2n) is 5.58. The predicted molar refractivity (Wildman–Crippen MR) is 75.5 cm³/mol. The predicted octanol–water partition coefficient (Wildman–Crippen LogP) is 3.11. The molecule has 0 saturated carbocycles. The van der Waals surface area contributed by atoms with Crippen LogP contribution in [0.5, 0.6) is 0 Å². The van der Waals surface area contributed by atoms with Crippen LogP contribution in [0.2, 0.25) is 0 Å². The van der Waals surface area contributed by atoms with Crippen molar-refractivity contribution in [2.45, 2.75) is 44.1 Å². The molecule has 3 nitrogen and oxygen atoms in total. The van der Waals surface area contributed by atoms with Crippen LogP contribution in [0.4, 0.5) is 5.69 Å². The highest BCUT2D eigenvalue weighted by Gasteiger charge is 2.24. The van der Waals surface area contributed by atoms with E-state index in [-0.39, 0.29) is 0 Å². The van der Waals surface area contributed by atoms with Gasteiger partial charge in [0.15, 0.2) is 0 Å². The van der Waals surface area contributed by atoms with E-state index in [1.54, 1.807) is 0 Å². The summed E-state index contributed by atoms with van der Waals surface area (Å²) in [7, 11) is 0. The van der Waals surface area contributed by atoms with Gasteiger partial charge in [-0.15, -0.1) is 0 Å². The van der Waals surface area contributed by atoms with E-state index in [1.165, 1.54) is 11.3 Å². The van der Waals surface area contributed by atoms with Crippen LogP contribution in [0.1, 0.15) is 43.6 Å². The molecule has 2 aliphatic rings. The summed E-state index contributed by atoms with van der Waals surface area (Å²) in [5, 5.41) is 3.38. The molecule has 1 aromatic rings. The largest absolute Gasteiger partial charge is 0.384 e. The van der Waals surface area contributed by atoms with Gasteiger partial charge in [0, 0.05) is 37.6 Å². The lowest BCUT2D eigenvalue weighted by Gasteiger charge is -2.11. The van der Waals surface area contributed by atoms with E-state index in [0.29, 0.717) is 30.6 Å². The topological polar surface area (TPSA) is 38.3 Å². The fraction of sp³-hybridized carbons (Fsp3) is 0.562. The van der Waals surface area contributed by atoms with E-state index in [1.807, 2.05) is 6.07 Å². The molecule has 0 radical (unpaired) electrons. The Labute approximate surface area is 114 Å². The van der Waals surface area contributed by atoms with Crippen LogP contribution >= 0.6 is 0 Å². The average molecular weight is 259 g/mol. The van der Waals surface area contributed by atoms with Crippen molar-refractivity contribution < 1.29 is 9.53 Å². The molecular formula is C16H21NO2. The molecule has 1 saturated heterocycles. The smallest absolute Gasteiger partial charge is 0.133 e. The molecule has 0 aromatic heterocycles. The number of anilines is 1. The monoisotopic (exact) mass is 259 g/mol. The number of benzene rings is 1. The summed E-state index contributed by atoms with van der Waals surface area (Å²) >= 11 is 0. The summed E-state index contributed by atoms with van der Waals surface area (Å²) in [6.07, 6.45) is 4.85. The van der Waals surface area contributed by atoms with E-state index in [0.717, 1.165) is 32.4 Å². The van der Waals surface area contributed by atoms with Crippen molar-refractivity contribution in [1.29, 1.82) is 0 Å². The van der Waals surface area contributed by atoms with Gasteiger partial charge in [0.2, 0.25) is 0 Å². The standard InChI is InChI=1S/C16H21NO2/c18-13(7-8-14-4-3-9-19-14)10-12-11-17-16-6-2-1-5-15(12)16/h1-2,5-6,12,14,17H,3-4,7-11H2. The Morgan fingerprint density at radius 1 is 1.37 bits per heavy atom.